The number of sulfonamides is 1. The van der Waals surface area contributed by atoms with Crippen LogP contribution in [-0.4, -0.2) is 32.4 Å². The second-order valence-corrected chi connectivity index (χ2v) is 7.93. The van der Waals surface area contributed by atoms with Gasteiger partial charge >= 0.3 is 5.97 Å². The molecule has 0 unspecified atom stereocenters. The summed E-state index contributed by atoms with van der Waals surface area (Å²) in [6, 6.07) is 8.78. The average Bonchev–Trinajstić information content (AvgIpc) is 3.13. The number of ether oxygens (including phenoxy) is 1. The Morgan fingerprint density at radius 2 is 1.79 bits per heavy atom. The third-order valence-corrected chi connectivity index (χ3v) is 5.09. The SMILES string of the molecule is CC(C)NS(=O)(=O)c1ccc(NC(=O)[C@H](C)OC(=O)/C=C/c2ccco2)cc1. The molecule has 2 rings (SSSR count). The smallest absolute Gasteiger partial charge is 0.331 e. The number of rotatable bonds is 8. The summed E-state index contributed by atoms with van der Waals surface area (Å²) < 4.78 is 36.7. The molecule has 28 heavy (non-hydrogen) atoms. The van der Waals surface area contributed by atoms with Gasteiger partial charge in [0.25, 0.3) is 5.91 Å². The summed E-state index contributed by atoms with van der Waals surface area (Å²) in [4.78, 5) is 24.0. The largest absolute Gasteiger partial charge is 0.465 e. The van der Waals surface area contributed by atoms with Gasteiger partial charge in [0.05, 0.1) is 11.2 Å². The van der Waals surface area contributed by atoms with Gasteiger partial charge in [-0.2, -0.15) is 0 Å². The molecule has 0 bridgehead atoms. The van der Waals surface area contributed by atoms with E-state index in [0.717, 1.165) is 6.08 Å². The summed E-state index contributed by atoms with van der Waals surface area (Å²) in [5.74, 6) is -0.757. The highest BCUT2D eigenvalue weighted by atomic mass is 32.2. The molecular formula is C19H22N2O6S. The second-order valence-electron chi connectivity index (χ2n) is 6.22. The van der Waals surface area contributed by atoms with Crippen LogP contribution in [0.2, 0.25) is 0 Å². The minimum absolute atomic E-state index is 0.0849. The van der Waals surface area contributed by atoms with Gasteiger partial charge in [0, 0.05) is 17.8 Å². The third kappa shape index (κ3) is 6.36. The van der Waals surface area contributed by atoms with Gasteiger partial charge in [-0.15, -0.1) is 0 Å². The van der Waals surface area contributed by atoms with Crippen LogP contribution in [0.1, 0.15) is 26.5 Å². The average molecular weight is 406 g/mol. The van der Waals surface area contributed by atoms with Crippen LogP contribution in [0, 0.1) is 0 Å². The normalized spacial score (nSPS) is 12.9. The second kappa shape index (κ2) is 9.34. The first-order valence-corrected chi connectivity index (χ1v) is 10.0. The zero-order valence-electron chi connectivity index (χ0n) is 15.7. The fourth-order valence-electron chi connectivity index (χ4n) is 2.14. The molecule has 8 nitrogen and oxygen atoms in total. The Morgan fingerprint density at radius 1 is 1.11 bits per heavy atom. The van der Waals surface area contributed by atoms with Crippen LogP contribution in [0.25, 0.3) is 6.08 Å². The Balaban J connectivity index is 1.92. The molecule has 0 aliphatic rings. The van der Waals surface area contributed by atoms with E-state index in [0.29, 0.717) is 11.4 Å². The molecular weight excluding hydrogens is 384 g/mol. The first-order valence-electron chi connectivity index (χ1n) is 8.53. The van der Waals surface area contributed by atoms with Crippen LogP contribution in [0.15, 0.2) is 58.1 Å². The highest BCUT2D eigenvalue weighted by molar-refractivity contribution is 7.89. The Bertz CT molecular complexity index is 931. The Labute approximate surface area is 163 Å². The van der Waals surface area contributed by atoms with E-state index in [1.54, 1.807) is 26.0 Å². The summed E-state index contributed by atoms with van der Waals surface area (Å²) in [7, 11) is -3.61. The summed E-state index contributed by atoms with van der Waals surface area (Å²) in [5.41, 5.74) is 0.377. The molecule has 1 aromatic carbocycles. The number of benzene rings is 1. The van der Waals surface area contributed by atoms with Gasteiger partial charge in [0.15, 0.2) is 6.10 Å². The van der Waals surface area contributed by atoms with Crippen LogP contribution < -0.4 is 10.0 Å². The lowest BCUT2D eigenvalue weighted by Gasteiger charge is -2.13. The monoisotopic (exact) mass is 406 g/mol. The number of hydrogen-bond acceptors (Lipinski definition) is 6. The van der Waals surface area contributed by atoms with E-state index in [2.05, 4.69) is 10.0 Å². The number of anilines is 1. The number of carbonyl (C=O) groups excluding carboxylic acids is 2. The first kappa shape index (κ1) is 21.4. The van der Waals surface area contributed by atoms with Gasteiger partial charge in [-0.25, -0.2) is 17.9 Å². The molecule has 0 saturated carbocycles. The zero-order valence-corrected chi connectivity index (χ0v) is 16.5. The molecule has 0 aliphatic heterocycles. The molecule has 1 amide bonds. The van der Waals surface area contributed by atoms with Crippen LogP contribution in [0.3, 0.4) is 0 Å². The fraction of sp³-hybridized carbons (Fsp3) is 0.263. The number of hydrogen-bond donors (Lipinski definition) is 2. The van der Waals surface area contributed by atoms with Crippen LogP contribution in [-0.2, 0) is 24.3 Å². The topological polar surface area (TPSA) is 115 Å². The summed E-state index contributed by atoms with van der Waals surface area (Å²) in [6.07, 6.45) is 3.01. The van der Waals surface area contributed by atoms with E-state index in [1.807, 2.05) is 0 Å². The van der Waals surface area contributed by atoms with E-state index in [1.165, 1.54) is 43.5 Å². The molecule has 0 radical (unpaired) electrons. The van der Waals surface area contributed by atoms with Gasteiger partial charge in [0.2, 0.25) is 10.0 Å². The molecule has 150 valence electrons. The standard InChI is InChI=1S/C19H22N2O6S/c1-13(2)21-28(24,25)17-9-6-15(7-10-17)20-19(23)14(3)27-18(22)11-8-16-5-4-12-26-16/h4-14,21H,1-3H3,(H,20,23)/b11-8+/t14-/m0/s1. The highest BCUT2D eigenvalue weighted by Crippen LogP contribution is 2.15. The van der Waals surface area contributed by atoms with Crippen molar-refractivity contribution in [1.82, 2.24) is 4.72 Å². The molecule has 0 fully saturated rings. The molecule has 0 aliphatic carbocycles. The number of furan rings is 1. The Hall–Kier alpha value is -2.91. The zero-order chi connectivity index (χ0) is 20.7. The maximum Gasteiger partial charge on any atom is 0.331 e. The lowest BCUT2D eigenvalue weighted by molar-refractivity contribution is -0.148. The van der Waals surface area contributed by atoms with Gasteiger partial charge < -0.3 is 14.5 Å². The summed E-state index contributed by atoms with van der Waals surface area (Å²) >= 11 is 0. The van der Waals surface area contributed by atoms with Crippen molar-refractivity contribution in [2.24, 2.45) is 0 Å². The van der Waals surface area contributed by atoms with Crippen LogP contribution >= 0.6 is 0 Å². The molecule has 0 saturated heterocycles. The van der Waals surface area contributed by atoms with E-state index in [-0.39, 0.29) is 10.9 Å². The third-order valence-electron chi connectivity index (χ3n) is 3.41. The quantitative estimate of drug-likeness (QED) is 0.514. The minimum Gasteiger partial charge on any atom is -0.465 e. The van der Waals surface area contributed by atoms with E-state index < -0.39 is 28.0 Å². The molecule has 9 heteroatoms. The van der Waals surface area contributed by atoms with Crippen molar-refractivity contribution < 1.29 is 27.2 Å². The maximum atomic E-state index is 12.1. The molecule has 1 atom stereocenters. The van der Waals surface area contributed by atoms with E-state index in [9.17, 15) is 18.0 Å². The first-order chi connectivity index (χ1) is 13.2. The van der Waals surface area contributed by atoms with Crippen molar-refractivity contribution in [3.8, 4) is 0 Å². The molecule has 1 aromatic heterocycles. The predicted molar refractivity (Wildman–Crippen MR) is 104 cm³/mol. The number of carbonyl (C=O) groups is 2. The van der Waals surface area contributed by atoms with Crippen molar-refractivity contribution in [2.75, 3.05) is 5.32 Å². The lowest BCUT2D eigenvalue weighted by atomic mass is 10.3. The summed E-state index contributed by atoms with van der Waals surface area (Å²) in [5, 5.41) is 2.56. The van der Waals surface area contributed by atoms with Gasteiger partial charge in [-0.1, -0.05) is 0 Å². The molecule has 1 heterocycles. The number of amides is 1. The Kier molecular flexibility index (Phi) is 7.13. The molecule has 2 aromatic rings. The van der Waals surface area contributed by atoms with E-state index >= 15 is 0 Å². The molecule has 2 N–H and O–H groups in total. The van der Waals surface area contributed by atoms with Gasteiger partial charge in [-0.3, -0.25) is 4.79 Å². The van der Waals surface area contributed by atoms with Crippen LogP contribution in [0.5, 0.6) is 0 Å². The van der Waals surface area contributed by atoms with Gasteiger partial charge in [-0.05, 0) is 63.2 Å². The van der Waals surface area contributed by atoms with Crippen molar-refractivity contribution in [3.63, 3.8) is 0 Å². The highest BCUT2D eigenvalue weighted by Gasteiger charge is 2.18. The lowest BCUT2D eigenvalue weighted by Crippen LogP contribution is -2.30. The number of nitrogens with one attached hydrogen (secondary N) is 2. The van der Waals surface area contributed by atoms with Gasteiger partial charge in [0.1, 0.15) is 5.76 Å². The minimum atomic E-state index is -3.61. The van der Waals surface area contributed by atoms with Crippen LogP contribution in [0.4, 0.5) is 5.69 Å². The maximum absolute atomic E-state index is 12.1. The Morgan fingerprint density at radius 3 is 2.36 bits per heavy atom. The van der Waals surface area contributed by atoms with E-state index in [4.69, 9.17) is 9.15 Å². The number of esters is 1. The predicted octanol–water partition coefficient (Wildman–Crippen LogP) is 2.55. The van der Waals surface area contributed by atoms with Crippen molar-refractivity contribution in [2.45, 2.75) is 37.8 Å². The van der Waals surface area contributed by atoms with Crippen molar-refractivity contribution in [1.29, 1.82) is 0 Å². The molecule has 0 spiro atoms. The van der Waals surface area contributed by atoms with Crippen molar-refractivity contribution >= 4 is 33.7 Å². The fourth-order valence-corrected chi connectivity index (χ4v) is 3.39. The summed E-state index contributed by atoms with van der Waals surface area (Å²) in [6.45, 7) is 4.87. The van der Waals surface area contributed by atoms with Crippen molar-refractivity contribution in [3.05, 3.63) is 54.5 Å².